The standard InChI is InChI=1S/C30H30ClN5O4S/c1-36(2)30(38)22-7-4-6-20(14-22)21-10-11-27(40-3)28(16-21)41(39)35-26-9-5-8-25(17-26)33-12-13-34-29(37)23-15-24(31)19-32-18-23/h4-11,14-19,33,35H,12-13H2,1-3H3,(H,34,37). The number of nitrogens with zero attached hydrogens (tertiary/aromatic N) is 2. The summed E-state index contributed by atoms with van der Waals surface area (Å²) in [5.41, 5.74) is 4.00. The number of carbonyl (C=O) groups excluding carboxylic acids is 2. The maximum Gasteiger partial charge on any atom is 0.253 e. The Hall–Kier alpha value is -4.25. The van der Waals surface area contributed by atoms with Gasteiger partial charge in [-0.25, -0.2) is 4.72 Å². The first-order chi connectivity index (χ1) is 19.7. The van der Waals surface area contributed by atoms with E-state index >= 15 is 0 Å². The van der Waals surface area contributed by atoms with Crippen LogP contribution in [-0.2, 0) is 11.4 Å². The van der Waals surface area contributed by atoms with E-state index in [1.54, 1.807) is 38.4 Å². The van der Waals surface area contributed by atoms with Gasteiger partial charge < -0.3 is 24.8 Å². The Morgan fingerprint density at radius 2 is 1.68 bits per heavy atom. The van der Waals surface area contributed by atoms with Gasteiger partial charge in [-0.1, -0.05) is 35.9 Å². The molecule has 4 aromatic rings. The van der Waals surface area contributed by atoms with E-state index in [-0.39, 0.29) is 11.8 Å². The summed E-state index contributed by atoms with van der Waals surface area (Å²) in [5, 5.41) is 6.45. The van der Waals surface area contributed by atoms with E-state index in [1.165, 1.54) is 24.4 Å². The molecule has 0 bridgehead atoms. The van der Waals surface area contributed by atoms with Gasteiger partial charge in [0.05, 0.1) is 23.4 Å². The molecule has 0 aliphatic carbocycles. The third kappa shape index (κ3) is 7.91. The van der Waals surface area contributed by atoms with Crippen molar-refractivity contribution in [2.24, 2.45) is 0 Å². The van der Waals surface area contributed by atoms with Gasteiger partial charge in [-0.2, -0.15) is 0 Å². The number of benzene rings is 3. The zero-order chi connectivity index (χ0) is 29.4. The van der Waals surface area contributed by atoms with Crippen molar-refractivity contribution >= 4 is 46.2 Å². The van der Waals surface area contributed by atoms with Gasteiger partial charge in [0.25, 0.3) is 11.8 Å². The average Bonchev–Trinajstić information content (AvgIpc) is 2.98. The van der Waals surface area contributed by atoms with Crippen LogP contribution in [0.2, 0.25) is 5.02 Å². The molecule has 3 N–H and O–H groups in total. The number of carbonyl (C=O) groups is 2. The number of aromatic nitrogens is 1. The molecule has 0 radical (unpaired) electrons. The van der Waals surface area contributed by atoms with Crippen LogP contribution >= 0.6 is 11.6 Å². The average molecular weight is 592 g/mol. The van der Waals surface area contributed by atoms with E-state index in [2.05, 4.69) is 20.3 Å². The highest BCUT2D eigenvalue weighted by Gasteiger charge is 2.20. The molecule has 2 amide bonds. The normalized spacial score (nSPS) is 11.3. The molecule has 1 heterocycles. The summed E-state index contributed by atoms with van der Waals surface area (Å²) in [5.74, 6) is 0.111. The summed E-state index contributed by atoms with van der Waals surface area (Å²) in [6.45, 7) is 0.845. The van der Waals surface area contributed by atoms with Crippen LogP contribution in [0.4, 0.5) is 11.4 Å². The molecule has 0 spiro atoms. The lowest BCUT2D eigenvalue weighted by atomic mass is 10.0. The number of rotatable bonds is 11. The van der Waals surface area contributed by atoms with Crippen molar-refractivity contribution < 1.29 is 18.9 Å². The lowest BCUT2D eigenvalue weighted by Gasteiger charge is -2.16. The Labute approximate surface area is 247 Å². The zero-order valence-electron chi connectivity index (χ0n) is 22.8. The van der Waals surface area contributed by atoms with Crippen LogP contribution in [0.25, 0.3) is 11.1 Å². The van der Waals surface area contributed by atoms with Gasteiger partial charge in [0.1, 0.15) is 11.4 Å². The molecule has 1 aromatic heterocycles. The predicted octanol–water partition coefficient (Wildman–Crippen LogP) is 5.09. The van der Waals surface area contributed by atoms with Gasteiger partial charge in [0.2, 0.25) is 4.90 Å². The fraction of sp³-hybridized carbons (Fsp3) is 0.167. The van der Waals surface area contributed by atoms with Crippen molar-refractivity contribution in [3.8, 4) is 16.9 Å². The van der Waals surface area contributed by atoms with E-state index in [0.717, 1.165) is 16.8 Å². The molecule has 212 valence electrons. The number of halogens is 1. The number of methoxy groups -OCH3 is 1. The highest BCUT2D eigenvalue weighted by atomic mass is 35.5. The van der Waals surface area contributed by atoms with Crippen LogP contribution in [0.3, 0.4) is 0 Å². The summed E-state index contributed by atoms with van der Waals surface area (Å²) in [7, 11) is 4.94. The number of pyridine rings is 1. The summed E-state index contributed by atoms with van der Waals surface area (Å²) >= 11 is 4.25. The smallest absolute Gasteiger partial charge is 0.253 e. The molecule has 41 heavy (non-hydrogen) atoms. The van der Waals surface area contributed by atoms with Crippen LogP contribution in [0.5, 0.6) is 5.75 Å². The molecular formula is C30H30ClN5O4S. The quantitative estimate of drug-likeness (QED) is 0.164. The van der Waals surface area contributed by atoms with Gasteiger partial charge in [-0.3, -0.25) is 14.6 Å². The first kappa shape index (κ1) is 29.7. The van der Waals surface area contributed by atoms with Gasteiger partial charge >= 0.3 is 0 Å². The largest absolute Gasteiger partial charge is 0.588 e. The van der Waals surface area contributed by atoms with Gasteiger partial charge in [0, 0.05) is 56.9 Å². The van der Waals surface area contributed by atoms with E-state index < -0.39 is 11.4 Å². The van der Waals surface area contributed by atoms with Crippen LogP contribution in [0.15, 0.2) is 90.1 Å². The van der Waals surface area contributed by atoms with Gasteiger partial charge in [-0.05, 0) is 53.6 Å². The third-order valence-electron chi connectivity index (χ3n) is 5.99. The first-order valence-corrected chi connectivity index (χ1v) is 14.2. The number of anilines is 2. The minimum Gasteiger partial charge on any atom is -0.588 e. The van der Waals surface area contributed by atoms with Crippen LogP contribution < -0.4 is 20.1 Å². The number of nitrogens with one attached hydrogen (secondary N) is 3. The monoisotopic (exact) mass is 591 g/mol. The number of ether oxygens (including phenoxy) is 1. The lowest BCUT2D eigenvalue weighted by molar-refractivity contribution is 0.0827. The SMILES string of the molecule is COc1ccc(-c2cccc(C(=O)N(C)C)c2)cc1[S+]([O-])Nc1cccc(NCCNC(=O)c2cncc(Cl)c2)c1. The summed E-state index contributed by atoms with van der Waals surface area (Å²) in [4.78, 5) is 30.6. The molecule has 11 heteroatoms. The first-order valence-electron chi connectivity index (χ1n) is 12.7. The van der Waals surface area contributed by atoms with E-state index in [9.17, 15) is 14.1 Å². The minimum atomic E-state index is -1.65. The molecule has 0 saturated carbocycles. The van der Waals surface area contributed by atoms with Gasteiger partial charge in [0.15, 0.2) is 5.75 Å². The Balaban J connectivity index is 1.41. The van der Waals surface area contributed by atoms with Crippen molar-refractivity contribution in [3.63, 3.8) is 0 Å². The number of hydrogen-bond acceptors (Lipinski definition) is 7. The minimum absolute atomic E-state index is 0.0971. The molecule has 1 atom stereocenters. The number of amides is 2. The summed E-state index contributed by atoms with van der Waals surface area (Å²) in [6.07, 6.45) is 2.92. The van der Waals surface area contributed by atoms with Gasteiger partial charge in [-0.15, -0.1) is 0 Å². The van der Waals surface area contributed by atoms with Crippen LogP contribution in [0.1, 0.15) is 20.7 Å². The molecule has 0 saturated heterocycles. The van der Waals surface area contributed by atoms with Crippen molar-refractivity contribution in [3.05, 3.63) is 101 Å². The van der Waals surface area contributed by atoms with Crippen molar-refractivity contribution in [1.82, 2.24) is 15.2 Å². The molecule has 3 aromatic carbocycles. The zero-order valence-corrected chi connectivity index (χ0v) is 24.4. The molecule has 0 fully saturated rings. The third-order valence-corrected chi connectivity index (χ3v) is 7.34. The second-order valence-corrected chi connectivity index (χ2v) is 10.8. The molecule has 9 nitrogen and oxygen atoms in total. The Morgan fingerprint density at radius 3 is 2.44 bits per heavy atom. The van der Waals surface area contributed by atoms with Crippen LogP contribution in [-0.4, -0.2) is 60.5 Å². The summed E-state index contributed by atoms with van der Waals surface area (Å²) in [6, 6.07) is 21.6. The second kappa shape index (κ2) is 13.9. The topological polar surface area (TPSA) is 119 Å². The predicted molar refractivity (Wildman–Crippen MR) is 163 cm³/mol. The van der Waals surface area contributed by atoms with E-state index in [4.69, 9.17) is 16.3 Å². The highest BCUT2D eigenvalue weighted by Crippen LogP contribution is 2.32. The van der Waals surface area contributed by atoms with Crippen LogP contribution in [0, 0.1) is 0 Å². The Morgan fingerprint density at radius 1 is 0.927 bits per heavy atom. The molecule has 0 aliphatic rings. The molecule has 0 aliphatic heterocycles. The molecule has 4 rings (SSSR count). The van der Waals surface area contributed by atoms with Crippen molar-refractivity contribution in [2.45, 2.75) is 4.90 Å². The molecule has 1 unspecified atom stereocenters. The van der Waals surface area contributed by atoms with Crippen molar-refractivity contribution in [1.29, 1.82) is 0 Å². The fourth-order valence-electron chi connectivity index (χ4n) is 3.97. The number of hydrogen-bond donors (Lipinski definition) is 3. The Kier molecular flexibility index (Phi) is 10.1. The lowest BCUT2D eigenvalue weighted by Crippen LogP contribution is -2.28. The fourth-order valence-corrected chi connectivity index (χ4v) is 5.16. The second-order valence-electron chi connectivity index (χ2n) is 9.17. The summed E-state index contributed by atoms with van der Waals surface area (Å²) < 4.78 is 21.9. The van der Waals surface area contributed by atoms with Crippen molar-refractivity contribution in [2.75, 3.05) is 44.3 Å². The van der Waals surface area contributed by atoms with E-state index in [0.29, 0.717) is 45.6 Å². The maximum atomic E-state index is 13.4. The van der Waals surface area contributed by atoms with E-state index in [1.807, 2.05) is 48.5 Å². The Bertz CT molecular complexity index is 1530. The highest BCUT2D eigenvalue weighted by molar-refractivity contribution is 7.92. The molecular weight excluding hydrogens is 562 g/mol. The maximum absolute atomic E-state index is 13.4.